The number of rotatable bonds is 11. The predicted octanol–water partition coefficient (Wildman–Crippen LogP) is 4.71. The van der Waals surface area contributed by atoms with Gasteiger partial charge in [-0.1, -0.05) is 39.1 Å². The average Bonchev–Trinajstić information content (AvgIpc) is 2.54. The number of Topliss-reactive ketones (excluding diaryl/α,β-unsaturated/α-hetero) is 1. The van der Waals surface area contributed by atoms with E-state index < -0.39 is 14.0 Å². The lowest BCUT2D eigenvalue weighted by molar-refractivity contribution is -0.139. The highest BCUT2D eigenvalue weighted by Crippen LogP contribution is 2.20. The summed E-state index contributed by atoms with van der Waals surface area (Å²) in [5, 5.41) is 0. The van der Waals surface area contributed by atoms with E-state index in [0.717, 1.165) is 11.6 Å². The summed E-state index contributed by atoms with van der Waals surface area (Å²) < 4.78 is 16.1. The molecule has 5 nitrogen and oxygen atoms in total. The molecule has 0 aromatic rings. The maximum atomic E-state index is 12.9. The largest absolute Gasteiger partial charge is 0.463 e. The smallest absolute Gasteiger partial charge is 0.337 e. The van der Waals surface area contributed by atoms with Crippen molar-refractivity contribution in [2.75, 3.05) is 20.0 Å². The van der Waals surface area contributed by atoms with Crippen LogP contribution in [0.5, 0.6) is 0 Å². The summed E-state index contributed by atoms with van der Waals surface area (Å²) in [5.41, 5.74) is 1.72. The quantitative estimate of drug-likeness (QED) is 0.129. The van der Waals surface area contributed by atoms with Crippen molar-refractivity contribution in [2.24, 2.45) is 5.92 Å². The van der Waals surface area contributed by atoms with Crippen LogP contribution in [0.3, 0.4) is 0 Å². The zero-order valence-corrected chi connectivity index (χ0v) is 18.9. The second-order valence-electron chi connectivity index (χ2n) is 7.95. The van der Waals surface area contributed by atoms with Gasteiger partial charge in [0, 0.05) is 14.7 Å². The monoisotopic (exact) mass is 384 g/mol. The Balaban J connectivity index is 5.33. The maximum absolute atomic E-state index is 12.9. The second kappa shape index (κ2) is 11.3. The molecule has 26 heavy (non-hydrogen) atoms. The van der Waals surface area contributed by atoms with Gasteiger partial charge in [-0.2, -0.15) is 0 Å². The summed E-state index contributed by atoms with van der Waals surface area (Å²) in [6.07, 6.45) is 0. The van der Waals surface area contributed by atoms with Gasteiger partial charge in [0.1, 0.15) is 0 Å². The molecule has 0 spiro atoms. The molecule has 0 amide bonds. The van der Waals surface area contributed by atoms with Crippen molar-refractivity contribution in [2.45, 2.75) is 67.2 Å². The molecule has 0 aliphatic carbocycles. The van der Waals surface area contributed by atoms with E-state index in [4.69, 9.17) is 14.2 Å². The number of ketones is 1. The number of ether oxygens (including phenoxy) is 3. The lowest BCUT2D eigenvalue weighted by Crippen LogP contribution is -2.22. The average molecular weight is 385 g/mol. The molecule has 6 heteroatoms. The number of carbonyl (C=O) groups excluding carboxylic acids is 2. The maximum Gasteiger partial charge on any atom is 0.337 e. The minimum atomic E-state index is -1.19. The summed E-state index contributed by atoms with van der Waals surface area (Å²) in [6.45, 7) is 18.5. The molecular formula is C20H36O5Si. The van der Waals surface area contributed by atoms with Crippen LogP contribution < -0.4 is 0 Å². The molecule has 0 bridgehead atoms. The molecule has 0 aromatic heterocycles. The van der Waals surface area contributed by atoms with E-state index in [-0.39, 0.29) is 36.4 Å². The van der Waals surface area contributed by atoms with Gasteiger partial charge in [-0.25, -0.2) is 4.79 Å². The first-order valence-corrected chi connectivity index (χ1v) is 12.9. The van der Waals surface area contributed by atoms with Crippen molar-refractivity contribution in [3.05, 3.63) is 22.5 Å². The van der Waals surface area contributed by atoms with Gasteiger partial charge < -0.3 is 14.2 Å². The third-order valence-corrected chi connectivity index (χ3v) is 5.91. The molecule has 0 saturated heterocycles. The third kappa shape index (κ3) is 8.81. The molecule has 0 N–H and O–H groups in total. The topological polar surface area (TPSA) is 61.8 Å². The van der Waals surface area contributed by atoms with E-state index in [0.29, 0.717) is 12.2 Å². The van der Waals surface area contributed by atoms with Gasteiger partial charge in [0.15, 0.2) is 12.6 Å². The number of esters is 1. The lowest BCUT2D eigenvalue weighted by atomic mass is 9.96. The van der Waals surface area contributed by atoms with Crippen LogP contribution in [0.4, 0.5) is 0 Å². The Kier molecular flexibility index (Phi) is 10.7. The van der Waals surface area contributed by atoms with Crippen molar-refractivity contribution in [1.29, 1.82) is 0 Å². The number of hydrogen-bond acceptors (Lipinski definition) is 5. The number of allylic oxidation sites excluding steroid dienone is 2. The van der Waals surface area contributed by atoms with Crippen LogP contribution in [0, 0.1) is 5.92 Å². The van der Waals surface area contributed by atoms with Gasteiger partial charge >= 0.3 is 5.97 Å². The Hall–Kier alpha value is -1.40. The van der Waals surface area contributed by atoms with Crippen LogP contribution in [0.15, 0.2) is 22.5 Å². The molecule has 0 saturated carbocycles. The molecule has 0 radical (unpaired) electrons. The molecule has 150 valence electrons. The first-order valence-electron chi connectivity index (χ1n) is 9.23. The first kappa shape index (κ1) is 24.6. The van der Waals surface area contributed by atoms with E-state index in [1.807, 2.05) is 20.8 Å². The minimum absolute atomic E-state index is 0.00829. The summed E-state index contributed by atoms with van der Waals surface area (Å²) in [7, 11) is -1.19. The fraction of sp³-hybridized carbons (Fsp3) is 0.700. The van der Waals surface area contributed by atoms with Gasteiger partial charge in [0.2, 0.25) is 5.78 Å². The van der Waals surface area contributed by atoms with Crippen molar-refractivity contribution < 1.29 is 23.8 Å². The lowest BCUT2D eigenvalue weighted by Gasteiger charge is -2.17. The summed E-state index contributed by atoms with van der Waals surface area (Å²) in [6, 6.07) is 1.01. The zero-order chi connectivity index (χ0) is 20.5. The third-order valence-electron chi connectivity index (χ3n) is 4.21. The summed E-state index contributed by atoms with van der Waals surface area (Å²) in [5.74, 6) is -0.603. The SMILES string of the molecule is CCOC(=O)/C(C)=C(\OCOCC[Si](C)(C)C)C(=O)/C(C)=C(/C)C(C)C. The molecule has 0 heterocycles. The molecule has 0 aliphatic heterocycles. The van der Waals surface area contributed by atoms with Gasteiger partial charge in [-0.05, 0) is 45.2 Å². The Bertz CT molecular complexity index is 553. The van der Waals surface area contributed by atoms with Crippen molar-refractivity contribution in [3.8, 4) is 0 Å². The summed E-state index contributed by atoms with van der Waals surface area (Å²) >= 11 is 0. The molecule has 0 unspecified atom stereocenters. The van der Waals surface area contributed by atoms with Gasteiger partial charge in [-0.15, -0.1) is 0 Å². The number of carbonyl (C=O) groups is 2. The standard InChI is InChI=1S/C20H36O5Si/c1-10-24-20(22)17(6)19(18(21)16(5)15(4)14(2)3)25-13-23-11-12-26(7,8)9/h14H,10-13H2,1-9H3/b16-15-,19-17-. The van der Waals surface area contributed by atoms with E-state index in [1.165, 1.54) is 0 Å². The van der Waals surface area contributed by atoms with Gasteiger partial charge in [0.05, 0.1) is 12.2 Å². The number of hydrogen-bond donors (Lipinski definition) is 0. The summed E-state index contributed by atoms with van der Waals surface area (Å²) in [4.78, 5) is 24.9. The Morgan fingerprint density at radius 1 is 0.962 bits per heavy atom. The fourth-order valence-corrected chi connectivity index (χ4v) is 2.75. The first-order chi connectivity index (χ1) is 11.9. The van der Waals surface area contributed by atoms with Crippen LogP contribution in [-0.4, -0.2) is 39.8 Å². The Morgan fingerprint density at radius 3 is 2.00 bits per heavy atom. The highest BCUT2D eigenvalue weighted by Gasteiger charge is 2.23. The normalized spacial score (nSPS) is 13.9. The predicted molar refractivity (Wildman–Crippen MR) is 108 cm³/mol. The molecule has 0 aliphatic rings. The van der Waals surface area contributed by atoms with Crippen molar-refractivity contribution in [3.63, 3.8) is 0 Å². The highest BCUT2D eigenvalue weighted by atomic mass is 28.3. The van der Waals surface area contributed by atoms with E-state index in [2.05, 4.69) is 19.6 Å². The molecule has 0 aromatic carbocycles. The highest BCUT2D eigenvalue weighted by molar-refractivity contribution is 6.76. The van der Waals surface area contributed by atoms with Crippen LogP contribution in [0.1, 0.15) is 41.5 Å². The van der Waals surface area contributed by atoms with E-state index >= 15 is 0 Å². The van der Waals surface area contributed by atoms with E-state index in [9.17, 15) is 9.59 Å². The molecular weight excluding hydrogens is 348 g/mol. The van der Waals surface area contributed by atoms with Crippen LogP contribution in [0.25, 0.3) is 0 Å². The fourth-order valence-electron chi connectivity index (χ4n) is 2.00. The van der Waals surface area contributed by atoms with Gasteiger partial charge in [-0.3, -0.25) is 4.79 Å². The molecule has 0 rings (SSSR count). The van der Waals surface area contributed by atoms with Crippen LogP contribution >= 0.6 is 0 Å². The van der Waals surface area contributed by atoms with E-state index in [1.54, 1.807) is 20.8 Å². The minimum Gasteiger partial charge on any atom is -0.463 e. The van der Waals surface area contributed by atoms with Crippen LogP contribution in [0.2, 0.25) is 25.7 Å². The van der Waals surface area contributed by atoms with Gasteiger partial charge in [0.25, 0.3) is 0 Å². The van der Waals surface area contributed by atoms with Crippen molar-refractivity contribution in [1.82, 2.24) is 0 Å². The molecule has 0 atom stereocenters. The molecule has 0 fully saturated rings. The Labute approximate surface area is 159 Å². The second-order valence-corrected chi connectivity index (χ2v) is 13.6. The zero-order valence-electron chi connectivity index (χ0n) is 17.9. The van der Waals surface area contributed by atoms with Crippen molar-refractivity contribution >= 4 is 19.8 Å². The van der Waals surface area contributed by atoms with Crippen LogP contribution in [-0.2, 0) is 23.8 Å². The Morgan fingerprint density at radius 2 is 1.54 bits per heavy atom.